The first-order valence-corrected chi connectivity index (χ1v) is 7.93. The number of aliphatic imine (C=N–C) groups is 1. The zero-order chi connectivity index (χ0) is 16.7. The van der Waals surface area contributed by atoms with Crippen molar-refractivity contribution in [3.8, 4) is 0 Å². The van der Waals surface area contributed by atoms with Crippen LogP contribution in [0.1, 0.15) is 22.3 Å². The van der Waals surface area contributed by atoms with Crippen LogP contribution in [0.2, 0.25) is 0 Å². The fourth-order valence-electron chi connectivity index (χ4n) is 2.88. The Bertz CT molecular complexity index is 559. The van der Waals surface area contributed by atoms with Gasteiger partial charge in [-0.25, -0.2) is 0 Å². The maximum absolute atomic E-state index is 11.7. The average molecular weight is 318 g/mol. The van der Waals surface area contributed by atoms with Gasteiger partial charge in [-0.1, -0.05) is 12.1 Å². The van der Waals surface area contributed by atoms with Gasteiger partial charge in [-0.05, 0) is 24.1 Å². The molecule has 1 atom stereocenters. The van der Waals surface area contributed by atoms with Gasteiger partial charge >= 0.3 is 0 Å². The number of hydrogen-bond acceptors (Lipinski definition) is 3. The van der Waals surface area contributed by atoms with E-state index in [0.29, 0.717) is 18.0 Å². The summed E-state index contributed by atoms with van der Waals surface area (Å²) in [6.45, 7) is 3.39. The Balaban J connectivity index is 1.92. The highest BCUT2D eigenvalue weighted by Crippen LogP contribution is 2.16. The molecule has 1 aliphatic heterocycles. The predicted octanol–water partition coefficient (Wildman–Crippen LogP) is 1.09. The van der Waals surface area contributed by atoms with Gasteiger partial charge in [0, 0.05) is 52.3 Å². The van der Waals surface area contributed by atoms with Gasteiger partial charge in [0.2, 0.25) is 0 Å². The maximum Gasteiger partial charge on any atom is 0.251 e. The van der Waals surface area contributed by atoms with Gasteiger partial charge < -0.3 is 20.3 Å². The van der Waals surface area contributed by atoms with Gasteiger partial charge in [0.25, 0.3) is 5.91 Å². The number of ether oxygens (including phenoxy) is 1. The molecule has 2 rings (SSSR count). The largest absolute Gasteiger partial charge is 0.384 e. The molecule has 6 nitrogen and oxygen atoms in total. The quantitative estimate of drug-likeness (QED) is 0.630. The third kappa shape index (κ3) is 4.69. The molecule has 23 heavy (non-hydrogen) atoms. The Morgan fingerprint density at radius 1 is 1.48 bits per heavy atom. The van der Waals surface area contributed by atoms with Crippen molar-refractivity contribution in [3.05, 3.63) is 35.4 Å². The topological polar surface area (TPSA) is 66.0 Å². The van der Waals surface area contributed by atoms with Crippen LogP contribution in [0.3, 0.4) is 0 Å². The van der Waals surface area contributed by atoms with Gasteiger partial charge in [0.15, 0.2) is 5.96 Å². The number of guanidine groups is 1. The van der Waals surface area contributed by atoms with E-state index in [0.717, 1.165) is 37.6 Å². The van der Waals surface area contributed by atoms with Crippen LogP contribution in [-0.2, 0) is 11.3 Å². The lowest BCUT2D eigenvalue weighted by atomic mass is 10.1. The molecule has 1 unspecified atom stereocenters. The molecule has 1 aromatic rings. The molecule has 0 spiro atoms. The summed E-state index contributed by atoms with van der Waals surface area (Å²) in [4.78, 5) is 18.3. The summed E-state index contributed by atoms with van der Waals surface area (Å²) in [6.07, 6.45) is 1.13. The Labute approximate surface area is 137 Å². The van der Waals surface area contributed by atoms with Crippen molar-refractivity contribution in [2.45, 2.75) is 13.0 Å². The van der Waals surface area contributed by atoms with Crippen molar-refractivity contribution in [1.29, 1.82) is 0 Å². The molecule has 0 aromatic heterocycles. The second-order valence-corrected chi connectivity index (χ2v) is 5.74. The highest BCUT2D eigenvalue weighted by Gasteiger charge is 2.24. The zero-order valence-electron chi connectivity index (χ0n) is 14.1. The molecule has 0 saturated carbocycles. The Kier molecular flexibility index (Phi) is 6.40. The van der Waals surface area contributed by atoms with Crippen LogP contribution in [0.15, 0.2) is 29.3 Å². The highest BCUT2D eigenvalue weighted by molar-refractivity contribution is 5.94. The van der Waals surface area contributed by atoms with Crippen molar-refractivity contribution in [3.63, 3.8) is 0 Å². The molecule has 1 heterocycles. The Hall–Kier alpha value is -2.08. The van der Waals surface area contributed by atoms with Gasteiger partial charge in [-0.2, -0.15) is 0 Å². The molecule has 1 fully saturated rings. The summed E-state index contributed by atoms with van der Waals surface area (Å²) in [5.41, 5.74) is 1.73. The van der Waals surface area contributed by atoms with E-state index < -0.39 is 0 Å². The van der Waals surface area contributed by atoms with E-state index in [9.17, 15) is 4.79 Å². The average Bonchev–Trinajstić information content (AvgIpc) is 3.04. The molecule has 1 amide bonds. The predicted molar refractivity (Wildman–Crippen MR) is 91.6 cm³/mol. The standard InChI is InChI=1S/C17H26N4O2/c1-18-16(22)15-6-4-5-13(9-15)10-20-17(19-2)21-8-7-14(11-21)12-23-3/h4-6,9,14H,7-8,10-12H2,1-3H3,(H,18,22)(H,19,20). The van der Waals surface area contributed by atoms with E-state index in [1.807, 2.05) is 24.3 Å². The molecule has 2 N–H and O–H groups in total. The molecule has 1 saturated heterocycles. The van der Waals surface area contributed by atoms with Crippen LogP contribution in [0.5, 0.6) is 0 Å². The molecule has 0 bridgehead atoms. The van der Waals surface area contributed by atoms with Gasteiger partial charge in [-0.15, -0.1) is 0 Å². The molecular formula is C17H26N4O2. The van der Waals surface area contributed by atoms with Crippen molar-refractivity contribution < 1.29 is 9.53 Å². The molecule has 0 aliphatic carbocycles. The third-order valence-electron chi connectivity index (χ3n) is 4.07. The number of hydrogen-bond donors (Lipinski definition) is 2. The first-order valence-electron chi connectivity index (χ1n) is 7.93. The monoisotopic (exact) mass is 318 g/mol. The maximum atomic E-state index is 11.7. The van der Waals surface area contributed by atoms with Gasteiger partial charge in [0.05, 0.1) is 6.61 Å². The fourth-order valence-corrected chi connectivity index (χ4v) is 2.88. The summed E-state index contributed by atoms with van der Waals surface area (Å²) in [7, 11) is 5.18. The third-order valence-corrected chi connectivity index (χ3v) is 4.07. The summed E-state index contributed by atoms with van der Waals surface area (Å²) in [6, 6.07) is 7.61. The van der Waals surface area contributed by atoms with Crippen LogP contribution in [-0.4, -0.2) is 57.7 Å². The Morgan fingerprint density at radius 3 is 3.00 bits per heavy atom. The number of carbonyl (C=O) groups excluding carboxylic acids is 1. The summed E-state index contributed by atoms with van der Waals surface area (Å²) in [5, 5.41) is 6.02. The second-order valence-electron chi connectivity index (χ2n) is 5.74. The second kappa shape index (κ2) is 8.53. The number of nitrogens with zero attached hydrogens (tertiary/aromatic N) is 2. The number of amides is 1. The van der Waals surface area contributed by atoms with E-state index in [1.54, 1.807) is 21.2 Å². The van der Waals surface area contributed by atoms with Crippen LogP contribution in [0, 0.1) is 5.92 Å². The van der Waals surface area contributed by atoms with Crippen LogP contribution in [0.4, 0.5) is 0 Å². The molecule has 0 radical (unpaired) electrons. The number of nitrogens with one attached hydrogen (secondary N) is 2. The highest BCUT2D eigenvalue weighted by atomic mass is 16.5. The van der Waals surface area contributed by atoms with E-state index in [-0.39, 0.29) is 5.91 Å². The van der Waals surface area contributed by atoms with E-state index >= 15 is 0 Å². The minimum atomic E-state index is -0.0711. The van der Waals surface area contributed by atoms with E-state index in [2.05, 4.69) is 20.5 Å². The van der Waals surface area contributed by atoms with Crippen molar-refractivity contribution in [2.24, 2.45) is 10.9 Å². The van der Waals surface area contributed by atoms with E-state index in [1.165, 1.54) is 0 Å². The van der Waals surface area contributed by atoms with E-state index in [4.69, 9.17) is 4.74 Å². The number of methoxy groups -OCH3 is 1. The normalized spacial score (nSPS) is 18.1. The number of likely N-dealkylation sites (tertiary alicyclic amines) is 1. The fraction of sp³-hybridized carbons (Fsp3) is 0.529. The summed E-state index contributed by atoms with van der Waals surface area (Å²) < 4.78 is 5.24. The minimum Gasteiger partial charge on any atom is -0.384 e. The van der Waals surface area contributed by atoms with Crippen LogP contribution < -0.4 is 10.6 Å². The van der Waals surface area contributed by atoms with Crippen LogP contribution >= 0.6 is 0 Å². The molecular weight excluding hydrogens is 292 g/mol. The van der Waals surface area contributed by atoms with Crippen LogP contribution in [0.25, 0.3) is 0 Å². The lowest BCUT2D eigenvalue weighted by molar-refractivity contribution is 0.0963. The van der Waals surface area contributed by atoms with Crippen molar-refractivity contribution in [1.82, 2.24) is 15.5 Å². The smallest absolute Gasteiger partial charge is 0.251 e. The number of benzene rings is 1. The van der Waals surface area contributed by atoms with Crippen molar-refractivity contribution >= 4 is 11.9 Å². The molecule has 126 valence electrons. The minimum absolute atomic E-state index is 0.0711. The number of rotatable bonds is 5. The number of carbonyl (C=O) groups is 1. The Morgan fingerprint density at radius 2 is 2.30 bits per heavy atom. The van der Waals surface area contributed by atoms with Gasteiger partial charge in [-0.3, -0.25) is 9.79 Å². The lowest BCUT2D eigenvalue weighted by Gasteiger charge is -2.21. The SMILES string of the molecule is CN=C(NCc1cccc(C(=O)NC)c1)N1CCC(COC)C1. The lowest BCUT2D eigenvalue weighted by Crippen LogP contribution is -2.39. The first kappa shape index (κ1) is 17.3. The molecule has 1 aromatic carbocycles. The summed E-state index contributed by atoms with van der Waals surface area (Å²) in [5.74, 6) is 1.39. The van der Waals surface area contributed by atoms with Crippen molar-refractivity contribution in [2.75, 3.05) is 40.9 Å². The molecule has 6 heteroatoms. The molecule has 1 aliphatic rings. The van der Waals surface area contributed by atoms with Gasteiger partial charge in [0.1, 0.15) is 0 Å². The first-order chi connectivity index (χ1) is 11.2. The summed E-state index contributed by atoms with van der Waals surface area (Å²) >= 11 is 0. The zero-order valence-corrected chi connectivity index (χ0v) is 14.1.